The number of rotatable bonds is 4. The molecule has 3 heteroatoms. The van der Waals surface area contributed by atoms with Crippen molar-refractivity contribution in [1.82, 2.24) is 4.98 Å². The smallest absolute Gasteiger partial charge is 0.136 e. The van der Waals surface area contributed by atoms with Gasteiger partial charge in [-0.25, -0.2) is 4.98 Å². The van der Waals surface area contributed by atoms with Crippen LogP contribution >= 0.6 is 0 Å². The van der Waals surface area contributed by atoms with Crippen LogP contribution in [0, 0.1) is 5.92 Å². The van der Waals surface area contributed by atoms with E-state index in [0.29, 0.717) is 6.54 Å². The van der Waals surface area contributed by atoms with Gasteiger partial charge in [-0.3, -0.25) is 0 Å². The number of anilines is 1. The largest absolute Gasteiger partial charge is 0.359 e. The van der Waals surface area contributed by atoms with Crippen LogP contribution < -0.4 is 10.6 Å². The molecule has 1 heterocycles. The Hall–Kier alpha value is -1.61. The van der Waals surface area contributed by atoms with Crippen molar-refractivity contribution in [2.75, 3.05) is 18.5 Å². The first-order valence-corrected chi connectivity index (χ1v) is 8.07. The second-order valence-electron chi connectivity index (χ2n) is 6.24. The summed E-state index contributed by atoms with van der Waals surface area (Å²) in [6.07, 6.45) is 8.85. The van der Waals surface area contributed by atoms with Gasteiger partial charge in [0, 0.05) is 31.7 Å². The molecule has 0 bridgehead atoms. The Labute approximate surface area is 127 Å². The molecule has 1 aliphatic rings. The van der Waals surface area contributed by atoms with Crippen molar-refractivity contribution >= 4 is 16.6 Å². The van der Waals surface area contributed by atoms with E-state index in [1.165, 1.54) is 42.9 Å². The predicted octanol–water partition coefficient (Wildman–Crippen LogP) is 3.71. The van der Waals surface area contributed by atoms with Gasteiger partial charge in [-0.1, -0.05) is 43.5 Å². The minimum Gasteiger partial charge on any atom is -0.359 e. The van der Waals surface area contributed by atoms with Crippen LogP contribution in [0.2, 0.25) is 0 Å². The number of nitrogens with two attached hydrogens (primary N) is 1. The van der Waals surface area contributed by atoms with E-state index in [1.807, 2.05) is 6.20 Å². The van der Waals surface area contributed by atoms with E-state index >= 15 is 0 Å². The van der Waals surface area contributed by atoms with Gasteiger partial charge in [0.05, 0.1) is 0 Å². The third-order valence-corrected chi connectivity index (χ3v) is 4.69. The molecule has 2 N–H and O–H groups in total. The molecule has 1 saturated carbocycles. The Bertz CT molecular complexity index is 602. The molecule has 3 rings (SSSR count). The van der Waals surface area contributed by atoms with Gasteiger partial charge in [-0.2, -0.15) is 0 Å². The molecule has 0 radical (unpaired) electrons. The summed E-state index contributed by atoms with van der Waals surface area (Å²) in [5.41, 5.74) is 6.96. The molecule has 112 valence electrons. The van der Waals surface area contributed by atoms with Crippen LogP contribution in [-0.4, -0.2) is 18.6 Å². The van der Waals surface area contributed by atoms with Crippen LogP contribution in [-0.2, 0) is 6.54 Å². The Morgan fingerprint density at radius 3 is 2.57 bits per heavy atom. The van der Waals surface area contributed by atoms with E-state index < -0.39 is 0 Å². The molecule has 0 saturated heterocycles. The number of hydrogen-bond acceptors (Lipinski definition) is 3. The molecule has 2 aromatic rings. The highest BCUT2D eigenvalue weighted by molar-refractivity contribution is 5.94. The summed E-state index contributed by atoms with van der Waals surface area (Å²) >= 11 is 0. The Balaban J connectivity index is 1.89. The van der Waals surface area contributed by atoms with Crippen LogP contribution in [0.3, 0.4) is 0 Å². The first-order chi connectivity index (χ1) is 10.3. The third-order valence-electron chi connectivity index (χ3n) is 4.69. The van der Waals surface area contributed by atoms with Gasteiger partial charge in [0.25, 0.3) is 0 Å². The Morgan fingerprint density at radius 2 is 1.86 bits per heavy atom. The minimum absolute atomic E-state index is 0.542. The number of hydrogen-bond donors (Lipinski definition) is 1. The molecule has 1 aromatic heterocycles. The Kier molecular flexibility index (Phi) is 4.39. The monoisotopic (exact) mass is 283 g/mol. The molecule has 0 amide bonds. The predicted molar refractivity (Wildman–Crippen MR) is 89.5 cm³/mol. The lowest BCUT2D eigenvalue weighted by molar-refractivity contribution is 0.362. The van der Waals surface area contributed by atoms with E-state index in [0.717, 1.165) is 23.8 Å². The summed E-state index contributed by atoms with van der Waals surface area (Å²) in [7, 11) is 2.17. The zero-order valence-electron chi connectivity index (χ0n) is 12.9. The second kappa shape index (κ2) is 6.44. The molecule has 0 spiro atoms. The van der Waals surface area contributed by atoms with Crippen molar-refractivity contribution in [3.63, 3.8) is 0 Å². The van der Waals surface area contributed by atoms with E-state index in [9.17, 15) is 0 Å². The van der Waals surface area contributed by atoms with Crippen molar-refractivity contribution < 1.29 is 0 Å². The maximum atomic E-state index is 5.84. The number of aromatic nitrogens is 1. The fourth-order valence-electron chi connectivity index (χ4n) is 3.55. The molecule has 21 heavy (non-hydrogen) atoms. The van der Waals surface area contributed by atoms with E-state index in [1.54, 1.807) is 0 Å². The SMILES string of the molecule is CN(CC1CCCCC1)c1ncc(CN)c2ccccc12. The Morgan fingerprint density at radius 1 is 1.14 bits per heavy atom. The topological polar surface area (TPSA) is 42.2 Å². The molecule has 1 aromatic carbocycles. The lowest BCUT2D eigenvalue weighted by atomic mass is 9.89. The van der Waals surface area contributed by atoms with Gasteiger partial charge in [-0.15, -0.1) is 0 Å². The molecule has 1 fully saturated rings. The molecule has 0 atom stereocenters. The number of pyridine rings is 1. The quantitative estimate of drug-likeness (QED) is 0.930. The van der Waals surface area contributed by atoms with Crippen LogP contribution in [0.4, 0.5) is 5.82 Å². The number of benzene rings is 1. The lowest BCUT2D eigenvalue weighted by Gasteiger charge is -2.28. The van der Waals surface area contributed by atoms with Crippen LogP contribution in [0.1, 0.15) is 37.7 Å². The van der Waals surface area contributed by atoms with Gasteiger partial charge in [0.2, 0.25) is 0 Å². The van der Waals surface area contributed by atoms with Crippen LogP contribution in [0.5, 0.6) is 0 Å². The summed E-state index contributed by atoms with van der Waals surface area (Å²) in [5.74, 6) is 1.91. The average molecular weight is 283 g/mol. The van der Waals surface area contributed by atoms with E-state index in [-0.39, 0.29) is 0 Å². The normalized spacial score (nSPS) is 16.3. The van der Waals surface area contributed by atoms with Gasteiger partial charge in [0.1, 0.15) is 5.82 Å². The molecule has 0 unspecified atom stereocenters. The second-order valence-corrected chi connectivity index (χ2v) is 6.24. The van der Waals surface area contributed by atoms with Crippen molar-refractivity contribution in [1.29, 1.82) is 0 Å². The van der Waals surface area contributed by atoms with Gasteiger partial charge < -0.3 is 10.6 Å². The standard InChI is InChI=1S/C18H25N3/c1-21(13-14-7-3-2-4-8-14)18-17-10-6-5-9-16(17)15(11-19)12-20-18/h5-6,9-10,12,14H,2-4,7-8,11,13,19H2,1H3. The van der Waals surface area contributed by atoms with Crippen molar-refractivity contribution in [3.05, 3.63) is 36.0 Å². The van der Waals surface area contributed by atoms with E-state index in [2.05, 4.69) is 41.2 Å². The molecular weight excluding hydrogens is 258 g/mol. The number of fused-ring (bicyclic) bond motifs is 1. The summed E-state index contributed by atoms with van der Waals surface area (Å²) in [6, 6.07) is 8.47. The average Bonchev–Trinajstić information content (AvgIpc) is 2.54. The zero-order valence-corrected chi connectivity index (χ0v) is 12.9. The molecule has 3 nitrogen and oxygen atoms in total. The van der Waals surface area contributed by atoms with Gasteiger partial charge in [0.15, 0.2) is 0 Å². The summed E-state index contributed by atoms with van der Waals surface area (Å²) in [4.78, 5) is 7.02. The lowest BCUT2D eigenvalue weighted by Crippen LogP contribution is -2.27. The van der Waals surface area contributed by atoms with Crippen LogP contribution in [0.25, 0.3) is 10.8 Å². The summed E-state index contributed by atoms with van der Waals surface area (Å²) in [6.45, 7) is 1.65. The summed E-state index contributed by atoms with van der Waals surface area (Å²) in [5, 5.41) is 2.46. The van der Waals surface area contributed by atoms with Gasteiger partial charge in [-0.05, 0) is 29.7 Å². The van der Waals surface area contributed by atoms with Crippen LogP contribution in [0.15, 0.2) is 30.5 Å². The first-order valence-electron chi connectivity index (χ1n) is 8.07. The molecular formula is C18H25N3. The van der Waals surface area contributed by atoms with Crippen molar-refractivity contribution in [3.8, 4) is 0 Å². The highest BCUT2D eigenvalue weighted by Crippen LogP contribution is 2.29. The fraction of sp³-hybridized carbons (Fsp3) is 0.500. The molecule has 1 aliphatic carbocycles. The van der Waals surface area contributed by atoms with Crippen molar-refractivity contribution in [2.45, 2.75) is 38.6 Å². The maximum Gasteiger partial charge on any atom is 0.136 e. The first kappa shape index (κ1) is 14.3. The zero-order chi connectivity index (χ0) is 14.7. The number of nitrogens with zero attached hydrogens (tertiary/aromatic N) is 2. The maximum absolute atomic E-state index is 5.84. The third kappa shape index (κ3) is 3.03. The minimum atomic E-state index is 0.542. The van der Waals surface area contributed by atoms with E-state index in [4.69, 9.17) is 5.73 Å². The highest BCUT2D eigenvalue weighted by Gasteiger charge is 2.17. The highest BCUT2D eigenvalue weighted by atomic mass is 15.2. The summed E-state index contributed by atoms with van der Waals surface area (Å²) < 4.78 is 0. The van der Waals surface area contributed by atoms with Crippen molar-refractivity contribution in [2.24, 2.45) is 11.7 Å². The molecule has 0 aliphatic heterocycles. The fourth-order valence-corrected chi connectivity index (χ4v) is 3.55. The van der Waals surface area contributed by atoms with Gasteiger partial charge >= 0.3 is 0 Å².